The van der Waals surface area contributed by atoms with Crippen molar-refractivity contribution in [2.24, 2.45) is 5.92 Å². The van der Waals surface area contributed by atoms with Crippen LogP contribution in [0, 0.1) is 5.92 Å². The molecule has 194 valence electrons. The Kier molecular flexibility index (Phi) is 7.22. The van der Waals surface area contributed by atoms with Crippen LogP contribution in [0.5, 0.6) is 11.5 Å². The summed E-state index contributed by atoms with van der Waals surface area (Å²) in [5, 5.41) is 21.3. The topological polar surface area (TPSA) is 90.3 Å². The van der Waals surface area contributed by atoms with E-state index in [0.29, 0.717) is 22.4 Å². The number of aliphatic hydroxyl groups excluding tert-OH is 1. The fraction of sp³-hybridized carbons (Fsp3) is 0.400. The number of ether oxygens (including phenoxy) is 1. The van der Waals surface area contributed by atoms with Gasteiger partial charge in [-0.1, -0.05) is 6.58 Å². The van der Waals surface area contributed by atoms with Crippen molar-refractivity contribution in [3.63, 3.8) is 0 Å². The van der Waals surface area contributed by atoms with E-state index < -0.39 is 6.10 Å². The van der Waals surface area contributed by atoms with Gasteiger partial charge in [0.15, 0.2) is 0 Å². The van der Waals surface area contributed by atoms with Crippen molar-refractivity contribution >= 4 is 23.5 Å². The molecule has 0 bridgehead atoms. The molecule has 2 saturated heterocycles. The van der Waals surface area contributed by atoms with Crippen LogP contribution in [0.3, 0.4) is 0 Å². The molecule has 7 heteroatoms. The second kappa shape index (κ2) is 10.7. The molecule has 2 N–H and O–H groups in total. The fourth-order valence-corrected chi connectivity index (χ4v) is 5.43. The van der Waals surface area contributed by atoms with Gasteiger partial charge in [-0.15, -0.1) is 0 Å². The number of likely N-dealkylation sites (tertiary alicyclic amines) is 2. The summed E-state index contributed by atoms with van der Waals surface area (Å²) in [6.07, 6.45) is 15.7. The average molecular weight is 503 g/mol. The van der Waals surface area contributed by atoms with Crippen molar-refractivity contribution in [3.05, 3.63) is 71.6 Å². The number of benzene rings is 1. The quantitative estimate of drug-likeness (QED) is 0.580. The molecule has 0 saturated carbocycles. The van der Waals surface area contributed by atoms with Crippen LogP contribution in [0.2, 0.25) is 0 Å². The van der Waals surface area contributed by atoms with Crippen LogP contribution >= 0.6 is 0 Å². The summed E-state index contributed by atoms with van der Waals surface area (Å²) < 4.78 is 6.26. The van der Waals surface area contributed by atoms with Crippen LogP contribution in [0.25, 0.3) is 11.6 Å². The molecule has 0 radical (unpaired) electrons. The van der Waals surface area contributed by atoms with Crippen LogP contribution in [0.4, 0.5) is 0 Å². The molecule has 3 aliphatic heterocycles. The van der Waals surface area contributed by atoms with Crippen molar-refractivity contribution in [1.82, 2.24) is 9.80 Å². The summed E-state index contributed by atoms with van der Waals surface area (Å²) in [5.41, 5.74) is 2.39. The molecule has 0 spiro atoms. The van der Waals surface area contributed by atoms with Gasteiger partial charge in [0.1, 0.15) is 23.4 Å². The van der Waals surface area contributed by atoms with E-state index in [1.165, 1.54) is 12.2 Å². The highest BCUT2D eigenvalue weighted by Gasteiger charge is 2.34. The minimum absolute atomic E-state index is 0.0315. The number of carbonyl (C=O) groups excluding carboxylic acids is 2. The Morgan fingerprint density at radius 3 is 2.08 bits per heavy atom. The summed E-state index contributed by atoms with van der Waals surface area (Å²) in [5.74, 6) is 0.229. The number of piperidine rings is 2. The van der Waals surface area contributed by atoms with E-state index in [1.54, 1.807) is 36.4 Å². The lowest BCUT2D eigenvalue weighted by Gasteiger charge is -2.35. The zero-order chi connectivity index (χ0) is 25.9. The van der Waals surface area contributed by atoms with Crippen molar-refractivity contribution in [3.8, 4) is 11.5 Å². The summed E-state index contributed by atoms with van der Waals surface area (Å²) in [7, 11) is 0. The highest BCUT2D eigenvalue weighted by molar-refractivity contribution is 5.92. The Labute approximate surface area is 217 Å². The Balaban J connectivity index is 1.34. The molecule has 2 unspecified atom stereocenters. The van der Waals surface area contributed by atoms with Gasteiger partial charge in [-0.05, 0) is 80.5 Å². The predicted molar refractivity (Wildman–Crippen MR) is 143 cm³/mol. The van der Waals surface area contributed by atoms with Crippen LogP contribution < -0.4 is 4.74 Å². The number of fused-ring (bicyclic) bond motifs is 2. The summed E-state index contributed by atoms with van der Waals surface area (Å²) in [6.45, 7) is 7.26. The number of rotatable bonds is 4. The second-order valence-electron chi connectivity index (χ2n) is 10.2. The van der Waals surface area contributed by atoms with Crippen LogP contribution in [-0.4, -0.2) is 64.1 Å². The Morgan fingerprint density at radius 1 is 0.865 bits per heavy atom. The second-order valence-corrected chi connectivity index (χ2v) is 10.2. The number of allylic oxidation sites excluding steroid dienone is 1. The lowest BCUT2D eigenvalue weighted by molar-refractivity contribution is -0.127. The van der Waals surface area contributed by atoms with E-state index in [0.717, 1.165) is 70.3 Å². The first-order chi connectivity index (χ1) is 17.9. The first kappa shape index (κ1) is 24.9. The van der Waals surface area contributed by atoms with E-state index in [1.807, 2.05) is 9.80 Å². The molecule has 4 aliphatic rings. The number of carbonyl (C=O) groups is 2. The number of hydrogen-bond acceptors (Lipinski definition) is 5. The van der Waals surface area contributed by atoms with Gasteiger partial charge in [0.25, 0.3) is 0 Å². The maximum Gasteiger partial charge on any atom is 0.246 e. The third-order valence-corrected chi connectivity index (χ3v) is 7.62. The number of nitrogens with zero attached hydrogens (tertiary/aromatic N) is 2. The third-order valence-electron chi connectivity index (χ3n) is 7.62. The molecule has 2 fully saturated rings. The standard InChI is InChI=1S/C30H34N2O5/c1-20-23-18-25(33)21(8-10-29(35)31-12-4-2-5-13-31)16-27(23)37-28-17-22(26(34)19-24(20)28)9-11-30(36)32-14-6-3-7-15-32/h8-11,16-19,23,27,33-34H,1-7,12-15H2/b10-8+,11-9+. The summed E-state index contributed by atoms with van der Waals surface area (Å²) in [6, 6.07) is 3.31. The SMILES string of the molecule is C=C1c2cc(O)c(/C=C/C(=O)N3CCCCC3)cc2OC2C=C(/C=C/C(=O)N3CCCCC3)C(O)=CC12. The van der Waals surface area contributed by atoms with Gasteiger partial charge in [0.2, 0.25) is 11.8 Å². The molecule has 3 heterocycles. The fourth-order valence-electron chi connectivity index (χ4n) is 5.43. The van der Waals surface area contributed by atoms with Crippen molar-refractivity contribution in [2.45, 2.75) is 44.6 Å². The van der Waals surface area contributed by atoms with Crippen molar-refractivity contribution in [1.29, 1.82) is 0 Å². The molecule has 0 aromatic heterocycles. The van der Waals surface area contributed by atoms with E-state index in [-0.39, 0.29) is 29.2 Å². The molecule has 1 aromatic carbocycles. The molecule has 1 aliphatic carbocycles. The molecule has 2 amide bonds. The molecule has 37 heavy (non-hydrogen) atoms. The monoisotopic (exact) mass is 502 g/mol. The van der Waals surface area contributed by atoms with Gasteiger partial charge in [0, 0.05) is 60.9 Å². The maximum atomic E-state index is 12.5. The minimum atomic E-state index is -0.419. The highest BCUT2D eigenvalue weighted by Crippen LogP contribution is 2.45. The van der Waals surface area contributed by atoms with Gasteiger partial charge in [-0.3, -0.25) is 9.59 Å². The van der Waals surface area contributed by atoms with Gasteiger partial charge in [-0.2, -0.15) is 0 Å². The average Bonchev–Trinajstić information content (AvgIpc) is 2.92. The predicted octanol–water partition coefficient (Wildman–Crippen LogP) is 4.76. The van der Waals surface area contributed by atoms with Gasteiger partial charge >= 0.3 is 0 Å². The van der Waals surface area contributed by atoms with Crippen molar-refractivity contribution < 1.29 is 24.5 Å². The number of hydrogen-bond donors (Lipinski definition) is 2. The molecule has 7 nitrogen and oxygen atoms in total. The number of phenols is 1. The first-order valence-electron chi connectivity index (χ1n) is 13.2. The van der Waals surface area contributed by atoms with E-state index in [2.05, 4.69) is 6.58 Å². The molecule has 2 atom stereocenters. The molecular formula is C30H34N2O5. The van der Waals surface area contributed by atoms with E-state index in [4.69, 9.17) is 4.74 Å². The van der Waals surface area contributed by atoms with Gasteiger partial charge in [-0.25, -0.2) is 0 Å². The zero-order valence-electron chi connectivity index (χ0n) is 21.1. The van der Waals surface area contributed by atoms with E-state index >= 15 is 0 Å². The zero-order valence-corrected chi connectivity index (χ0v) is 21.1. The first-order valence-corrected chi connectivity index (χ1v) is 13.2. The maximum absolute atomic E-state index is 12.5. The molecular weight excluding hydrogens is 468 g/mol. The van der Waals surface area contributed by atoms with Gasteiger partial charge in [0.05, 0.1) is 0 Å². The lowest BCUT2D eigenvalue weighted by atomic mass is 9.81. The lowest BCUT2D eigenvalue weighted by Crippen LogP contribution is -2.34. The molecule has 1 aromatic rings. The Morgan fingerprint density at radius 2 is 1.46 bits per heavy atom. The smallest absolute Gasteiger partial charge is 0.246 e. The Bertz CT molecular complexity index is 1210. The largest absolute Gasteiger partial charge is 0.508 e. The number of aromatic hydroxyl groups is 1. The molecule has 5 rings (SSSR count). The van der Waals surface area contributed by atoms with E-state index in [9.17, 15) is 19.8 Å². The van der Waals surface area contributed by atoms with Gasteiger partial charge < -0.3 is 24.7 Å². The van der Waals surface area contributed by atoms with Crippen LogP contribution in [0.15, 0.2) is 60.4 Å². The third kappa shape index (κ3) is 5.36. The van der Waals surface area contributed by atoms with Crippen LogP contribution in [-0.2, 0) is 9.59 Å². The Hall–Kier alpha value is -3.74. The normalized spacial score (nSPS) is 23.8. The van der Waals surface area contributed by atoms with Crippen LogP contribution in [0.1, 0.15) is 49.7 Å². The number of phenolic OH excluding ortho intramolecular Hbond substituents is 1. The minimum Gasteiger partial charge on any atom is -0.508 e. The number of amides is 2. The highest BCUT2D eigenvalue weighted by atomic mass is 16.5. The summed E-state index contributed by atoms with van der Waals surface area (Å²) >= 11 is 0. The summed E-state index contributed by atoms with van der Waals surface area (Å²) in [4.78, 5) is 28.7. The van der Waals surface area contributed by atoms with Crippen molar-refractivity contribution in [2.75, 3.05) is 26.2 Å². The number of aliphatic hydroxyl groups is 1.